The third-order valence-corrected chi connectivity index (χ3v) is 0.289. The second-order valence-corrected chi connectivity index (χ2v) is 0.921. The first-order chi connectivity index (χ1) is 3.13. The van der Waals surface area contributed by atoms with Gasteiger partial charge in [-0.25, -0.2) is 0 Å². The number of carboxylic acid groups (broad SMARTS) is 2. The largest absolute Gasteiger partial charge is 1.00 e. The van der Waals surface area contributed by atoms with Gasteiger partial charge in [0.2, 0.25) is 0 Å². The maximum absolute atomic E-state index is 9.28. The Morgan fingerprint density at radius 1 is 1.00 bits per heavy atom. The van der Waals surface area contributed by atoms with Crippen LogP contribution in [0.3, 0.4) is 0 Å². The van der Waals surface area contributed by atoms with Crippen LogP contribution in [-0.2, 0) is 9.59 Å². The molecule has 0 radical (unpaired) electrons. The van der Waals surface area contributed by atoms with Crippen LogP contribution in [0.15, 0.2) is 0 Å². The number of carbonyl (C=O) groups excluding carboxylic acids is 2. The van der Waals surface area contributed by atoms with Crippen LogP contribution < -0.4 is 10.2 Å². The van der Waals surface area contributed by atoms with Gasteiger partial charge in [0.1, 0.15) is 0 Å². The monoisotopic (exact) mass is 512 g/mol. The van der Waals surface area contributed by atoms with Crippen molar-refractivity contribution in [3.8, 4) is 0 Å². The Balaban J connectivity index is -0.000000180. The van der Waals surface area contributed by atoms with Crippen molar-refractivity contribution in [2.45, 2.75) is 6.42 Å². The summed E-state index contributed by atoms with van der Waals surface area (Å²) in [5, 5.41) is 18.6. The van der Waals surface area contributed by atoms with E-state index in [1.54, 1.807) is 0 Å². The van der Waals surface area contributed by atoms with Gasteiger partial charge in [0.15, 0.2) is 0 Å². The summed E-state index contributed by atoms with van der Waals surface area (Å²) in [5.74, 6) is -3.25. The van der Waals surface area contributed by atoms with E-state index < -0.39 is 18.4 Å². The average Bonchev–Trinajstić information content (AvgIpc) is 1.27. The number of carbonyl (C=O) groups is 2. The summed E-state index contributed by atoms with van der Waals surface area (Å²) in [6, 6.07) is 0. The molecule has 0 fully saturated rings. The van der Waals surface area contributed by atoms with E-state index in [1.807, 2.05) is 0 Å². The summed E-state index contributed by atoms with van der Waals surface area (Å²) in [6.45, 7) is 0. The van der Waals surface area contributed by atoms with Crippen molar-refractivity contribution < 1.29 is 19.8 Å². The predicted octanol–water partition coefficient (Wildman–Crippen LogP) is -3.89. The number of carboxylic acids is 2. The molecule has 0 N–H and O–H groups in total. The van der Waals surface area contributed by atoms with E-state index in [2.05, 4.69) is 0 Å². The van der Waals surface area contributed by atoms with Crippen molar-refractivity contribution in [2.24, 2.45) is 0 Å². The molecule has 0 atom stereocenters. The summed E-state index contributed by atoms with van der Waals surface area (Å²) in [4.78, 5) is 18.6. The normalized spacial score (nSPS) is 6.22. The molecule has 4 nitrogen and oxygen atoms in total. The second-order valence-electron chi connectivity index (χ2n) is 0.921. The van der Waals surface area contributed by atoms with Crippen LogP contribution in [0, 0.1) is 0 Å². The molecule has 0 aliphatic heterocycles. The summed E-state index contributed by atoms with van der Waals surface area (Å²) >= 11 is 0. The fourth-order valence-corrected chi connectivity index (χ4v) is 0.118. The second kappa shape index (κ2) is 8.78. The Labute approximate surface area is 91.9 Å². The molecule has 6 heteroatoms. The maximum atomic E-state index is 9.28. The first kappa shape index (κ1) is 16.4. The van der Waals surface area contributed by atoms with Crippen LogP contribution in [-0.4, -0.2) is 66.5 Å². The van der Waals surface area contributed by atoms with Crippen LogP contribution >= 0.6 is 0 Å². The molecular weight excluding hydrogens is 509 g/mol. The zero-order valence-corrected chi connectivity index (χ0v) is 13.5. The van der Waals surface area contributed by atoms with E-state index in [4.69, 9.17) is 0 Å². The Hall–Kier alpha value is 0.784. The molecule has 0 bridgehead atoms. The zero-order valence-electron chi connectivity index (χ0n) is 4.49. The Morgan fingerprint density at radius 3 is 1.22 bits per heavy atom. The van der Waals surface area contributed by atoms with Crippen molar-refractivity contribution in [1.29, 1.82) is 0 Å². The van der Waals surface area contributed by atoms with Gasteiger partial charge in [-0.1, -0.05) is 0 Å². The van der Waals surface area contributed by atoms with Gasteiger partial charge in [-0.3, -0.25) is 0 Å². The fourth-order valence-electron chi connectivity index (χ4n) is 0.118. The van der Waals surface area contributed by atoms with Gasteiger partial charge in [-0.05, 0) is 0 Å². The zero-order chi connectivity index (χ0) is 5.86. The summed E-state index contributed by atoms with van der Waals surface area (Å²) in [7, 11) is 0. The number of hydrogen-bond acceptors (Lipinski definition) is 4. The van der Waals surface area contributed by atoms with Crippen molar-refractivity contribution in [3.05, 3.63) is 0 Å². The van der Waals surface area contributed by atoms with Crippen molar-refractivity contribution in [1.82, 2.24) is 0 Å². The molecule has 0 spiro atoms. The van der Waals surface area contributed by atoms with Gasteiger partial charge in [-0.15, -0.1) is 0 Å². The van der Waals surface area contributed by atoms with Gasteiger partial charge >= 0.3 is 54.6 Å². The van der Waals surface area contributed by atoms with E-state index in [1.165, 1.54) is 0 Å². The van der Waals surface area contributed by atoms with Gasteiger partial charge < -0.3 is 19.8 Å². The molecule has 0 aliphatic rings. The number of aliphatic carboxylic acids is 2. The molecule has 0 rings (SSSR count). The first-order valence-corrected chi connectivity index (χ1v) is 1.52. The topological polar surface area (TPSA) is 80.3 Å². The summed E-state index contributed by atoms with van der Waals surface area (Å²) < 4.78 is 0. The van der Waals surface area contributed by atoms with Gasteiger partial charge in [0.05, 0.1) is 0 Å². The minimum Gasteiger partial charge on any atom is -0.550 e. The smallest absolute Gasteiger partial charge is 0.550 e. The molecule has 0 aromatic heterocycles. The van der Waals surface area contributed by atoms with Gasteiger partial charge in [-0.2, -0.15) is 0 Å². The third-order valence-electron chi connectivity index (χ3n) is 0.289. The van der Waals surface area contributed by atoms with Crippen molar-refractivity contribution in [3.63, 3.8) is 0 Å². The van der Waals surface area contributed by atoms with Crippen LogP contribution in [0.5, 0.6) is 0 Å². The maximum Gasteiger partial charge on any atom is 1.00 e. The van der Waals surface area contributed by atoms with Crippen molar-refractivity contribution in [2.75, 3.05) is 0 Å². The van der Waals surface area contributed by atoms with Crippen molar-refractivity contribution >= 4 is 66.5 Å². The summed E-state index contributed by atoms with van der Waals surface area (Å²) in [6.07, 6.45) is -1.03. The molecule has 0 saturated carbocycles. The molecule has 0 saturated heterocycles. The van der Waals surface area contributed by atoms with E-state index in [9.17, 15) is 19.8 Å². The fraction of sp³-hybridized carbons (Fsp3) is 0.333. The molecule has 0 amide bonds. The number of hydrogen-bond donors (Lipinski definition) is 0. The van der Waals surface area contributed by atoms with Crippen LogP contribution in [0.25, 0.3) is 0 Å². The van der Waals surface area contributed by atoms with E-state index in [0.29, 0.717) is 0 Å². The Bertz CT molecular complexity index is 90.0. The molecule has 0 aromatic carbocycles. The first-order valence-electron chi connectivity index (χ1n) is 1.52. The molecule has 0 unspecified atom stereocenters. The van der Waals surface area contributed by atoms with Crippen LogP contribution in [0.1, 0.15) is 6.42 Å². The Kier molecular flexibility index (Phi) is 16.0. The third kappa shape index (κ3) is 17.7. The molecule has 0 aromatic rings. The predicted molar refractivity (Wildman–Crippen MR) is 26.1 cm³/mol. The van der Waals surface area contributed by atoms with E-state index in [0.717, 1.165) is 0 Å². The number of rotatable bonds is 2. The molecule has 0 aliphatic carbocycles. The minimum absolute atomic E-state index is 0. The SMILES string of the molecule is O=C([O-])CC(=O)[O-].[Tl+].[Tl+]. The Morgan fingerprint density at radius 2 is 1.22 bits per heavy atom. The molecule has 9 heavy (non-hydrogen) atoms. The van der Waals surface area contributed by atoms with Gasteiger partial charge in [0.25, 0.3) is 0 Å². The molecule has 44 valence electrons. The average molecular weight is 511 g/mol. The quantitative estimate of drug-likeness (QED) is 0.281. The molecular formula is C3H2O4Tl2. The minimum atomic E-state index is -1.63. The standard InChI is InChI=1S/C3H4O4.2Tl/c4-2(5)1-3(6)7;;/h1H2,(H,4,5)(H,6,7);;/q;2*+1/p-2. The van der Waals surface area contributed by atoms with E-state index in [-0.39, 0.29) is 54.6 Å². The van der Waals surface area contributed by atoms with Crippen LogP contribution in [0.4, 0.5) is 0 Å². The van der Waals surface area contributed by atoms with E-state index >= 15 is 0 Å². The van der Waals surface area contributed by atoms with Crippen LogP contribution in [0.2, 0.25) is 0 Å². The molecule has 0 heterocycles. The summed E-state index contributed by atoms with van der Waals surface area (Å²) in [5.41, 5.74) is 0. The van der Waals surface area contributed by atoms with Gasteiger partial charge in [0, 0.05) is 18.4 Å².